The van der Waals surface area contributed by atoms with Crippen molar-refractivity contribution in [3.63, 3.8) is 0 Å². The van der Waals surface area contributed by atoms with Crippen molar-refractivity contribution in [1.29, 1.82) is 0 Å². The second-order valence-corrected chi connectivity index (χ2v) is 24.9. The number of carbonyl (C=O) groups excluding carboxylic acids is 4. The summed E-state index contributed by atoms with van der Waals surface area (Å²) in [5.41, 5.74) is 8.37. The van der Waals surface area contributed by atoms with E-state index in [0.29, 0.717) is 12.3 Å². The maximum Gasteiger partial charge on any atom is 0.474 e. The highest BCUT2D eigenvalue weighted by Gasteiger charge is 2.61. The SMILES string of the molecule is CC(=O)N[C@H]1[C@H](O[C@H]2[C@@H](OP(=O)(O)OC[C@@H](OCCC(C)CCCCC(C)(C)CCC(C)CCC(C)CCCC(C)C)C(=O)O)O[C@H](C(N)=O)[C@@](C)(O)[C@@H]2OC(N)=O)O[C@H](CO)[C@@H](O[C@@H]2O[C@H](C)[C@@H](O)[C@H](O)[C@H]2NC(C)=O)[C@@H]1O. The number of aliphatic hydroxyl groups is 5. The number of nitrogens with two attached hydrogens (primary N) is 2. The van der Waals surface area contributed by atoms with Crippen molar-refractivity contribution in [2.45, 2.75) is 251 Å². The molecule has 3 aliphatic rings. The smallest absolute Gasteiger partial charge is 0.474 e. The van der Waals surface area contributed by atoms with E-state index in [9.17, 15) is 64.1 Å². The lowest BCUT2D eigenvalue weighted by Crippen LogP contribution is -2.72. The van der Waals surface area contributed by atoms with E-state index in [2.05, 4.69) is 52.2 Å². The third-order valence-electron chi connectivity index (χ3n) is 15.0. The molecule has 27 heteroatoms. The second-order valence-electron chi connectivity index (χ2n) is 23.5. The van der Waals surface area contributed by atoms with E-state index in [0.717, 1.165) is 64.7 Å². The first kappa shape index (κ1) is 70.1. The van der Waals surface area contributed by atoms with Crippen LogP contribution in [-0.4, -0.2) is 183 Å². The Labute approximate surface area is 464 Å². The number of carboxylic acids is 1. The van der Waals surface area contributed by atoms with Crippen molar-refractivity contribution >= 4 is 37.6 Å². The number of ether oxygens (including phenoxy) is 7. The van der Waals surface area contributed by atoms with Gasteiger partial charge < -0.3 is 90.8 Å². The van der Waals surface area contributed by atoms with Crippen molar-refractivity contribution < 1.29 is 106 Å². The van der Waals surface area contributed by atoms with Crippen LogP contribution in [0.2, 0.25) is 0 Å². The molecular formula is C52H95N4O22P. The van der Waals surface area contributed by atoms with E-state index in [1.807, 2.05) is 6.92 Å². The summed E-state index contributed by atoms with van der Waals surface area (Å²) in [6.07, 6.45) is -12.9. The lowest BCUT2D eigenvalue weighted by atomic mass is 9.79. The zero-order valence-corrected chi connectivity index (χ0v) is 48.8. The van der Waals surface area contributed by atoms with Gasteiger partial charge in [-0.2, -0.15) is 0 Å². The molecule has 20 atom stereocenters. The van der Waals surface area contributed by atoms with Gasteiger partial charge >= 0.3 is 19.9 Å². The maximum atomic E-state index is 13.7. The fourth-order valence-corrected chi connectivity index (χ4v) is 10.9. The highest BCUT2D eigenvalue weighted by Crippen LogP contribution is 2.49. The number of carbonyl (C=O) groups is 5. The number of primary amides is 2. The van der Waals surface area contributed by atoms with E-state index in [1.54, 1.807) is 0 Å². The van der Waals surface area contributed by atoms with Gasteiger partial charge in [-0.1, -0.05) is 106 Å². The van der Waals surface area contributed by atoms with Crippen LogP contribution in [0.15, 0.2) is 0 Å². The number of nitrogens with one attached hydrogen (secondary N) is 2. The number of amides is 4. The van der Waals surface area contributed by atoms with Crippen molar-refractivity contribution in [3.05, 3.63) is 0 Å². The summed E-state index contributed by atoms with van der Waals surface area (Å²) in [5, 5.41) is 70.1. The van der Waals surface area contributed by atoms with Crippen LogP contribution in [0, 0.1) is 29.1 Å². The first-order chi connectivity index (χ1) is 36.7. The molecule has 3 saturated heterocycles. The number of hydrogen-bond acceptors (Lipinski definition) is 20. The molecular weight excluding hydrogens is 1060 g/mol. The Bertz CT molecular complexity index is 1970. The summed E-state index contributed by atoms with van der Waals surface area (Å²) in [7, 11) is -5.60. The van der Waals surface area contributed by atoms with Crippen molar-refractivity contribution in [2.24, 2.45) is 40.6 Å². The normalized spacial score (nSPS) is 32.7. The summed E-state index contributed by atoms with van der Waals surface area (Å²) in [4.78, 5) is 73.2. The Morgan fingerprint density at radius 3 is 1.85 bits per heavy atom. The first-order valence-corrected chi connectivity index (χ1v) is 29.1. The van der Waals surface area contributed by atoms with Crippen LogP contribution < -0.4 is 22.1 Å². The van der Waals surface area contributed by atoms with Gasteiger partial charge in [-0.05, 0) is 62.2 Å². The molecule has 4 unspecified atom stereocenters. The Kier molecular flexibility index (Phi) is 28.4. The second kappa shape index (κ2) is 32.0. The summed E-state index contributed by atoms with van der Waals surface area (Å²) in [5.74, 6) is -2.19. The molecule has 0 spiro atoms. The van der Waals surface area contributed by atoms with Gasteiger partial charge in [0.1, 0.15) is 48.2 Å². The highest BCUT2D eigenvalue weighted by atomic mass is 31.2. The van der Waals surface area contributed by atoms with Gasteiger partial charge in [0.15, 0.2) is 43.3 Å². The van der Waals surface area contributed by atoms with Crippen molar-refractivity contribution in [1.82, 2.24) is 10.6 Å². The lowest BCUT2D eigenvalue weighted by molar-refractivity contribution is -0.364. The molecule has 0 aromatic rings. The number of rotatable bonds is 34. The van der Waals surface area contributed by atoms with Crippen molar-refractivity contribution in [2.75, 3.05) is 19.8 Å². The molecule has 3 aliphatic heterocycles. The molecule has 13 N–H and O–H groups in total. The molecule has 3 rings (SSSR count). The molecule has 0 bridgehead atoms. The van der Waals surface area contributed by atoms with Gasteiger partial charge in [0, 0.05) is 20.5 Å². The summed E-state index contributed by atoms with van der Waals surface area (Å²) < 4.78 is 64.1. The van der Waals surface area contributed by atoms with E-state index >= 15 is 0 Å². The van der Waals surface area contributed by atoms with Gasteiger partial charge in [0.25, 0.3) is 0 Å². The van der Waals surface area contributed by atoms with E-state index in [1.165, 1.54) is 45.4 Å². The van der Waals surface area contributed by atoms with Crippen LogP contribution in [0.4, 0.5) is 4.79 Å². The molecule has 4 amide bonds. The third kappa shape index (κ3) is 22.5. The molecule has 3 fully saturated rings. The molecule has 460 valence electrons. The zero-order chi connectivity index (χ0) is 59.7. The standard InChI is InChI=1S/C52H95N4O22P/c1-27(2)15-14-17-28(3)18-19-30(5)20-23-51(9,10)22-13-12-16-29(4)21-24-70-35(46(64)65)26-71-79(68,69)78-49-42(43(77-50(54)66)52(11,67)44(76-49)45(53)63)75-48-37(56-33(8)59)40(62)41(34(25-57)73-48)74-47-36(55-32(7)58)39(61)38(60)31(6)72-47/h27-31,34-44,47-49,57,60-62,67H,12-26H2,1-11H3,(H2,53,63)(H2,54,66)(H,55,58)(H,56,59)(H,64,65)(H,68,69)/t28?,29?,30?,31-,34-,35-,36-,37-,38-,39-,40-,41-,42-,43-,44-,47+,48+,49-,52+/m1/s1. The van der Waals surface area contributed by atoms with Crippen LogP contribution in [0.25, 0.3) is 0 Å². The van der Waals surface area contributed by atoms with Crippen LogP contribution in [0.1, 0.15) is 153 Å². The van der Waals surface area contributed by atoms with Gasteiger partial charge in [0.05, 0.1) is 19.3 Å². The number of phosphoric ester groups is 1. The number of hydrogen-bond donors (Lipinski definition) is 11. The predicted octanol–water partition coefficient (Wildman–Crippen LogP) is 2.61. The highest BCUT2D eigenvalue weighted by molar-refractivity contribution is 7.47. The molecule has 0 aliphatic carbocycles. The predicted molar refractivity (Wildman–Crippen MR) is 282 cm³/mol. The minimum Gasteiger partial charge on any atom is -0.479 e. The quantitative estimate of drug-likeness (QED) is 0.0326. The summed E-state index contributed by atoms with van der Waals surface area (Å²) in [6.45, 7) is 18.2. The molecule has 79 heavy (non-hydrogen) atoms. The zero-order valence-electron chi connectivity index (χ0n) is 47.9. The van der Waals surface area contributed by atoms with Gasteiger partial charge in [-0.25, -0.2) is 14.2 Å². The van der Waals surface area contributed by atoms with Crippen LogP contribution in [0.5, 0.6) is 0 Å². The molecule has 0 aromatic heterocycles. The number of carboxylic acid groups (broad SMARTS) is 1. The molecule has 26 nitrogen and oxygen atoms in total. The fraction of sp³-hybridized carbons (Fsp3) is 0.904. The monoisotopic (exact) mass is 1160 g/mol. The van der Waals surface area contributed by atoms with Crippen LogP contribution >= 0.6 is 7.82 Å². The molecule has 0 saturated carbocycles. The van der Waals surface area contributed by atoms with Crippen molar-refractivity contribution in [3.8, 4) is 0 Å². The summed E-state index contributed by atoms with van der Waals surface area (Å²) in [6, 6.07) is -3.25. The number of unbranched alkanes of at least 4 members (excludes halogenated alkanes) is 1. The molecule has 0 aromatic carbocycles. The molecule has 3 heterocycles. The van der Waals surface area contributed by atoms with Gasteiger partial charge in [0.2, 0.25) is 17.7 Å². The number of phosphoric acid groups is 1. The van der Waals surface area contributed by atoms with Gasteiger partial charge in [-0.15, -0.1) is 0 Å². The minimum atomic E-state index is -5.60. The Morgan fingerprint density at radius 1 is 0.734 bits per heavy atom. The minimum absolute atomic E-state index is 0.0574. The Balaban J connectivity index is 1.71. The number of aliphatic carboxylic acids is 1. The first-order valence-electron chi connectivity index (χ1n) is 27.6. The Hall–Kier alpha value is -3.18. The topological polar surface area (TPSA) is 403 Å². The lowest BCUT2D eigenvalue weighted by Gasteiger charge is -2.51. The fourth-order valence-electron chi connectivity index (χ4n) is 10.1. The van der Waals surface area contributed by atoms with E-state index in [-0.39, 0.29) is 17.9 Å². The third-order valence-corrected chi connectivity index (χ3v) is 16.0. The van der Waals surface area contributed by atoms with Gasteiger partial charge in [-0.3, -0.25) is 23.4 Å². The van der Waals surface area contributed by atoms with Crippen LogP contribution in [0.3, 0.4) is 0 Å². The average Bonchev–Trinajstić information content (AvgIpc) is 3.35. The van der Waals surface area contributed by atoms with Crippen LogP contribution in [-0.2, 0) is 65.9 Å². The summed E-state index contributed by atoms with van der Waals surface area (Å²) >= 11 is 0. The Morgan fingerprint density at radius 2 is 1.29 bits per heavy atom. The molecule has 0 radical (unpaired) electrons. The largest absolute Gasteiger partial charge is 0.479 e. The average molecular weight is 1160 g/mol. The van der Waals surface area contributed by atoms with E-state index in [4.69, 9.17) is 53.7 Å². The number of aliphatic hydroxyl groups excluding tert-OH is 4. The maximum absolute atomic E-state index is 13.7. The van der Waals surface area contributed by atoms with E-state index < -0.39 is 148 Å².